The summed E-state index contributed by atoms with van der Waals surface area (Å²) in [4.78, 5) is 10.9. The largest absolute Gasteiger partial charge is 0.356 e. The Kier molecular flexibility index (Phi) is 7.26. The molecule has 0 bridgehead atoms. The molecule has 2 nitrogen and oxygen atoms in total. The lowest BCUT2D eigenvalue weighted by Gasteiger charge is -2.13. The van der Waals surface area contributed by atoms with Gasteiger partial charge in [-0.25, -0.2) is 0 Å². The summed E-state index contributed by atoms with van der Waals surface area (Å²) in [6, 6.07) is 0. The third-order valence-corrected chi connectivity index (χ3v) is 2.22. The first-order chi connectivity index (χ1) is 5.74. The van der Waals surface area contributed by atoms with Crippen LogP contribution >= 0.6 is 11.6 Å². The van der Waals surface area contributed by atoms with Gasteiger partial charge in [0.2, 0.25) is 5.91 Å². The Morgan fingerprint density at radius 2 is 2.17 bits per heavy atom. The van der Waals surface area contributed by atoms with Crippen LogP contribution in [0.4, 0.5) is 0 Å². The maximum atomic E-state index is 10.9. The van der Waals surface area contributed by atoms with Gasteiger partial charge >= 0.3 is 0 Å². The molecule has 0 fully saturated rings. The van der Waals surface area contributed by atoms with Crippen LogP contribution in [-0.4, -0.2) is 18.3 Å². The summed E-state index contributed by atoms with van der Waals surface area (Å²) in [5, 5.41) is 2.87. The van der Waals surface area contributed by atoms with Crippen LogP contribution in [0.5, 0.6) is 0 Å². The normalized spacial score (nSPS) is 12.6. The Balaban J connectivity index is 3.50. The molecule has 1 N–H and O–H groups in total. The van der Waals surface area contributed by atoms with Crippen molar-refractivity contribution < 1.29 is 4.79 Å². The average Bonchev–Trinajstić information content (AvgIpc) is 2.11. The van der Waals surface area contributed by atoms with Gasteiger partial charge in [0.05, 0.1) is 0 Å². The van der Waals surface area contributed by atoms with Gasteiger partial charge in [0, 0.05) is 18.8 Å². The maximum Gasteiger partial charge on any atom is 0.219 e. The van der Waals surface area contributed by atoms with Crippen molar-refractivity contribution in [1.29, 1.82) is 0 Å². The SMILES string of the molecule is CCC(=O)NCC(CC)CCCl. The predicted molar refractivity (Wildman–Crippen MR) is 52.4 cm³/mol. The highest BCUT2D eigenvalue weighted by Crippen LogP contribution is 2.07. The zero-order valence-electron chi connectivity index (χ0n) is 7.90. The Labute approximate surface area is 79.7 Å². The Bertz CT molecular complexity index is 128. The maximum absolute atomic E-state index is 10.9. The highest BCUT2D eigenvalue weighted by Gasteiger charge is 2.06. The first kappa shape index (κ1) is 11.8. The summed E-state index contributed by atoms with van der Waals surface area (Å²) in [6.07, 6.45) is 2.63. The minimum absolute atomic E-state index is 0.128. The number of carbonyl (C=O) groups excluding carboxylic acids is 1. The zero-order valence-corrected chi connectivity index (χ0v) is 8.66. The lowest BCUT2D eigenvalue weighted by Crippen LogP contribution is -2.28. The van der Waals surface area contributed by atoms with E-state index in [1.807, 2.05) is 6.92 Å². The number of halogens is 1. The molecule has 0 aliphatic carbocycles. The van der Waals surface area contributed by atoms with Crippen LogP contribution in [0.25, 0.3) is 0 Å². The highest BCUT2D eigenvalue weighted by molar-refractivity contribution is 6.17. The van der Waals surface area contributed by atoms with E-state index in [2.05, 4.69) is 12.2 Å². The van der Waals surface area contributed by atoms with Crippen molar-refractivity contribution in [3.05, 3.63) is 0 Å². The molecular weight excluding hydrogens is 174 g/mol. The summed E-state index contributed by atoms with van der Waals surface area (Å²) in [5.41, 5.74) is 0. The van der Waals surface area contributed by atoms with Gasteiger partial charge in [-0.05, 0) is 12.3 Å². The van der Waals surface area contributed by atoms with Gasteiger partial charge in [-0.2, -0.15) is 0 Å². The summed E-state index contributed by atoms with van der Waals surface area (Å²) in [5.74, 6) is 1.35. The second kappa shape index (κ2) is 7.41. The van der Waals surface area contributed by atoms with Crippen LogP contribution in [0, 0.1) is 5.92 Å². The van der Waals surface area contributed by atoms with E-state index < -0.39 is 0 Å². The van der Waals surface area contributed by atoms with Gasteiger partial charge in [-0.1, -0.05) is 20.3 Å². The fraction of sp³-hybridized carbons (Fsp3) is 0.889. The monoisotopic (exact) mass is 191 g/mol. The molecule has 0 aliphatic rings. The predicted octanol–water partition coefficient (Wildman–Crippen LogP) is 2.17. The van der Waals surface area contributed by atoms with E-state index in [0.717, 1.165) is 19.4 Å². The van der Waals surface area contributed by atoms with Crippen molar-refractivity contribution in [2.75, 3.05) is 12.4 Å². The van der Waals surface area contributed by atoms with Crippen molar-refractivity contribution in [3.63, 3.8) is 0 Å². The lowest BCUT2D eigenvalue weighted by molar-refractivity contribution is -0.120. The summed E-state index contributed by atoms with van der Waals surface area (Å²) >= 11 is 5.61. The molecule has 0 saturated heterocycles. The fourth-order valence-corrected chi connectivity index (χ4v) is 1.30. The van der Waals surface area contributed by atoms with Gasteiger partial charge in [0.15, 0.2) is 0 Å². The van der Waals surface area contributed by atoms with E-state index in [4.69, 9.17) is 11.6 Å². The highest BCUT2D eigenvalue weighted by atomic mass is 35.5. The van der Waals surface area contributed by atoms with Crippen molar-refractivity contribution in [3.8, 4) is 0 Å². The third-order valence-electron chi connectivity index (χ3n) is 2.00. The molecule has 0 heterocycles. The number of nitrogens with one attached hydrogen (secondary N) is 1. The Hall–Kier alpha value is -0.240. The molecule has 12 heavy (non-hydrogen) atoms. The van der Waals surface area contributed by atoms with Gasteiger partial charge in [-0.3, -0.25) is 4.79 Å². The van der Waals surface area contributed by atoms with Crippen molar-refractivity contribution in [2.24, 2.45) is 5.92 Å². The van der Waals surface area contributed by atoms with E-state index in [9.17, 15) is 4.79 Å². The standard InChI is InChI=1S/C9H18ClNO/c1-3-8(5-6-10)7-11-9(12)4-2/h8H,3-7H2,1-2H3,(H,11,12). The summed E-state index contributed by atoms with van der Waals surface area (Å²) < 4.78 is 0. The molecule has 0 aromatic rings. The molecule has 72 valence electrons. The van der Waals surface area contributed by atoms with Crippen LogP contribution in [0.3, 0.4) is 0 Å². The molecule has 0 aromatic heterocycles. The minimum Gasteiger partial charge on any atom is -0.356 e. The topological polar surface area (TPSA) is 29.1 Å². The van der Waals surface area contributed by atoms with Crippen LogP contribution < -0.4 is 5.32 Å². The molecule has 0 aliphatic heterocycles. The van der Waals surface area contributed by atoms with Crippen molar-refractivity contribution >= 4 is 17.5 Å². The van der Waals surface area contributed by atoms with Crippen LogP contribution in [0.2, 0.25) is 0 Å². The van der Waals surface area contributed by atoms with Crippen LogP contribution in [0.15, 0.2) is 0 Å². The smallest absolute Gasteiger partial charge is 0.219 e. The minimum atomic E-state index is 0.128. The molecule has 0 rings (SSSR count). The van der Waals surface area contributed by atoms with E-state index in [1.54, 1.807) is 0 Å². The van der Waals surface area contributed by atoms with Gasteiger partial charge in [0.25, 0.3) is 0 Å². The molecular formula is C9H18ClNO. The second-order valence-electron chi connectivity index (χ2n) is 2.91. The van der Waals surface area contributed by atoms with Crippen molar-refractivity contribution in [2.45, 2.75) is 33.1 Å². The van der Waals surface area contributed by atoms with E-state index in [1.165, 1.54) is 0 Å². The molecule has 1 atom stereocenters. The Morgan fingerprint density at radius 3 is 2.58 bits per heavy atom. The quantitative estimate of drug-likeness (QED) is 0.641. The average molecular weight is 192 g/mol. The number of amides is 1. The fourth-order valence-electron chi connectivity index (χ4n) is 0.988. The Morgan fingerprint density at radius 1 is 1.50 bits per heavy atom. The number of rotatable bonds is 6. The zero-order chi connectivity index (χ0) is 9.40. The van der Waals surface area contributed by atoms with Crippen molar-refractivity contribution in [1.82, 2.24) is 5.32 Å². The van der Waals surface area contributed by atoms with E-state index >= 15 is 0 Å². The first-order valence-electron chi connectivity index (χ1n) is 4.57. The molecule has 1 amide bonds. The second-order valence-corrected chi connectivity index (χ2v) is 3.29. The van der Waals surface area contributed by atoms with E-state index in [0.29, 0.717) is 18.2 Å². The number of hydrogen-bond donors (Lipinski definition) is 1. The number of hydrogen-bond acceptors (Lipinski definition) is 1. The summed E-state index contributed by atoms with van der Waals surface area (Å²) in [7, 11) is 0. The third kappa shape index (κ3) is 5.42. The van der Waals surface area contributed by atoms with Gasteiger partial charge in [0.1, 0.15) is 0 Å². The number of carbonyl (C=O) groups is 1. The molecule has 3 heteroatoms. The van der Waals surface area contributed by atoms with E-state index in [-0.39, 0.29) is 5.91 Å². The lowest BCUT2D eigenvalue weighted by atomic mass is 10.0. The first-order valence-corrected chi connectivity index (χ1v) is 5.10. The van der Waals surface area contributed by atoms with Crippen LogP contribution in [0.1, 0.15) is 33.1 Å². The van der Waals surface area contributed by atoms with Crippen LogP contribution in [-0.2, 0) is 4.79 Å². The molecule has 0 aromatic carbocycles. The van der Waals surface area contributed by atoms with Gasteiger partial charge < -0.3 is 5.32 Å². The molecule has 0 saturated carbocycles. The molecule has 0 spiro atoms. The molecule has 0 radical (unpaired) electrons. The summed E-state index contributed by atoms with van der Waals surface area (Å²) in [6.45, 7) is 4.75. The number of alkyl halides is 1. The molecule has 1 unspecified atom stereocenters. The van der Waals surface area contributed by atoms with Gasteiger partial charge in [-0.15, -0.1) is 11.6 Å².